The number of carbonyl (C=O) groups excluding carboxylic acids is 2. The summed E-state index contributed by atoms with van der Waals surface area (Å²) in [5.74, 6) is -3.10. The number of nitrogens with zero attached hydrogens (tertiary/aromatic N) is 3. The number of carbonyl (C=O) groups is 2. The molecule has 0 bridgehead atoms. The van der Waals surface area contributed by atoms with E-state index in [4.69, 9.17) is 16.3 Å². The van der Waals surface area contributed by atoms with Crippen molar-refractivity contribution < 1.29 is 27.3 Å². The molecule has 196 valence electrons. The predicted octanol–water partition coefficient (Wildman–Crippen LogP) is 6.00. The van der Waals surface area contributed by atoms with E-state index < -0.39 is 33.3 Å². The van der Waals surface area contributed by atoms with Crippen molar-refractivity contribution >= 4 is 44.8 Å². The van der Waals surface area contributed by atoms with E-state index >= 15 is 0 Å². The zero-order valence-corrected chi connectivity index (χ0v) is 22.1. The van der Waals surface area contributed by atoms with Crippen molar-refractivity contribution in [2.24, 2.45) is 4.36 Å². The number of amides is 2. The Hall–Kier alpha value is -2.79. The van der Waals surface area contributed by atoms with Crippen LogP contribution in [0.25, 0.3) is 0 Å². The number of halogens is 3. The molecule has 1 aromatic carbocycles. The van der Waals surface area contributed by atoms with Crippen LogP contribution in [0.1, 0.15) is 50.4 Å². The lowest BCUT2D eigenvalue weighted by molar-refractivity contribution is -0.0102. The van der Waals surface area contributed by atoms with Gasteiger partial charge in [0.2, 0.25) is 5.92 Å². The molecule has 1 saturated heterocycles. The molecular weight excluding hydrogens is 514 g/mol. The molecule has 1 N–H and O–H groups in total. The monoisotopic (exact) mass is 542 g/mol. The van der Waals surface area contributed by atoms with Crippen LogP contribution in [0.4, 0.5) is 25.1 Å². The first-order valence-corrected chi connectivity index (χ1v) is 13.6. The summed E-state index contributed by atoms with van der Waals surface area (Å²) in [5.41, 5.74) is -0.333. The highest BCUT2D eigenvalue weighted by molar-refractivity contribution is 7.93. The van der Waals surface area contributed by atoms with Gasteiger partial charge in [-0.2, -0.15) is 0 Å². The van der Waals surface area contributed by atoms with E-state index in [-0.39, 0.29) is 47.2 Å². The number of ether oxygens (including phenoxy) is 1. The maximum Gasteiger partial charge on any atom is 0.442 e. The molecule has 12 heteroatoms. The zero-order chi connectivity index (χ0) is 26.7. The fourth-order valence-electron chi connectivity index (χ4n) is 3.60. The van der Waals surface area contributed by atoms with E-state index in [1.165, 1.54) is 30.5 Å². The molecule has 2 heterocycles. The van der Waals surface area contributed by atoms with E-state index in [2.05, 4.69) is 14.7 Å². The fraction of sp³-hybridized carbons (Fsp3) is 0.458. The van der Waals surface area contributed by atoms with Crippen molar-refractivity contribution in [3.05, 3.63) is 47.1 Å². The summed E-state index contributed by atoms with van der Waals surface area (Å²) in [5, 5.41) is 2.85. The standard InChI is InChI=1S/C24H29ClF2N4O4S/c1-23(2,3)35-22(33)30-36(4,34)17-8-5-7-16(15-17)28-21(32)18-9-10-19(25)29-20(18)31-13-6-11-24(26,27)12-14-31/h5,7-10,15H,6,11-14H2,1-4H3,(H,28,32)/t36-/m0/s1. The molecule has 0 aliphatic carbocycles. The van der Waals surface area contributed by atoms with Crippen molar-refractivity contribution in [1.82, 2.24) is 4.98 Å². The summed E-state index contributed by atoms with van der Waals surface area (Å²) in [6.07, 6.45) is 0.00783. The smallest absolute Gasteiger partial charge is 0.442 e. The Morgan fingerprint density at radius 3 is 2.61 bits per heavy atom. The van der Waals surface area contributed by atoms with Crippen molar-refractivity contribution in [3.8, 4) is 0 Å². The van der Waals surface area contributed by atoms with E-state index in [1.807, 2.05) is 0 Å². The number of alkyl halides is 2. The first kappa shape index (κ1) is 27.8. The highest BCUT2D eigenvalue weighted by Crippen LogP contribution is 2.31. The van der Waals surface area contributed by atoms with Gasteiger partial charge in [0, 0.05) is 42.8 Å². The molecule has 36 heavy (non-hydrogen) atoms. The van der Waals surface area contributed by atoms with Gasteiger partial charge in [-0.05, 0) is 57.5 Å². The van der Waals surface area contributed by atoms with Gasteiger partial charge in [0.15, 0.2) is 0 Å². The van der Waals surface area contributed by atoms with Crippen molar-refractivity contribution in [2.45, 2.75) is 56.5 Å². The molecule has 2 aromatic rings. The van der Waals surface area contributed by atoms with Crippen LogP contribution in [0.5, 0.6) is 0 Å². The molecule has 0 spiro atoms. The molecule has 8 nitrogen and oxygen atoms in total. The molecule has 1 aliphatic rings. The maximum absolute atomic E-state index is 13.9. The number of aromatic nitrogens is 1. The van der Waals surface area contributed by atoms with Crippen LogP contribution in [0.2, 0.25) is 5.15 Å². The summed E-state index contributed by atoms with van der Waals surface area (Å²) in [4.78, 5) is 31.3. The normalized spacial score (nSPS) is 17.5. The van der Waals surface area contributed by atoms with Gasteiger partial charge in [0.1, 0.15) is 16.6 Å². The Bertz CT molecular complexity index is 1270. The summed E-state index contributed by atoms with van der Waals surface area (Å²) in [6, 6.07) is 9.05. The Balaban J connectivity index is 1.85. The van der Waals surface area contributed by atoms with Crippen LogP contribution in [0, 0.1) is 0 Å². The van der Waals surface area contributed by atoms with Gasteiger partial charge in [-0.25, -0.2) is 22.8 Å². The van der Waals surface area contributed by atoms with Crippen LogP contribution in [0.3, 0.4) is 0 Å². The molecule has 0 unspecified atom stereocenters. The SMILES string of the molecule is CC(C)(C)OC(=O)N=[S@@](C)(=O)c1cccc(NC(=O)c2ccc(Cl)nc2N2CCCC(F)(F)CC2)c1. The number of nitrogens with one attached hydrogen (secondary N) is 1. The fourth-order valence-corrected chi connectivity index (χ4v) is 4.85. The summed E-state index contributed by atoms with van der Waals surface area (Å²) < 4.78 is 49.7. The number of anilines is 2. The Kier molecular flexibility index (Phi) is 8.24. The third kappa shape index (κ3) is 7.60. The lowest BCUT2D eigenvalue weighted by atomic mass is 10.1. The Labute approximate surface area is 214 Å². The van der Waals surface area contributed by atoms with E-state index in [0.717, 1.165) is 0 Å². The van der Waals surface area contributed by atoms with Gasteiger partial charge in [-0.15, -0.1) is 4.36 Å². The Morgan fingerprint density at radius 2 is 1.92 bits per heavy atom. The van der Waals surface area contributed by atoms with Gasteiger partial charge in [-0.1, -0.05) is 17.7 Å². The zero-order valence-electron chi connectivity index (χ0n) is 20.5. The molecular formula is C24H29ClF2N4O4S. The summed E-state index contributed by atoms with van der Waals surface area (Å²) >= 11 is 6.05. The maximum atomic E-state index is 13.9. The molecule has 1 aromatic heterocycles. The van der Waals surface area contributed by atoms with Gasteiger partial charge in [0.05, 0.1) is 15.3 Å². The molecule has 1 aliphatic heterocycles. The average Bonchev–Trinajstić information content (AvgIpc) is 2.92. The van der Waals surface area contributed by atoms with E-state index in [9.17, 15) is 22.6 Å². The minimum atomic E-state index is -3.16. The van der Waals surface area contributed by atoms with E-state index in [1.54, 1.807) is 37.8 Å². The van der Waals surface area contributed by atoms with Crippen LogP contribution >= 0.6 is 11.6 Å². The average molecular weight is 543 g/mol. The third-order valence-corrected chi connectivity index (χ3v) is 7.11. The van der Waals surface area contributed by atoms with Crippen LogP contribution in [-0.2, 0) is 14.5 Å². The second-order valence-corrected chi connectivity index (χ2v) is 12.2. The lowest BCUT2D eigenvalue weighted by Crippen LogP contribution is -2.29. The molecule has 3 rings (SSSR count). The van der Waals surface area contributed by atoms with Gasteiger partial charge in [0.25, 0.3) is 5.91 Å². The van der Waals surface area contributed by atoms with Crippen LogP contribution < -0.4 is 10.2 Å². The first-order valence-electron chi connectivity index (χ1n) is 11.3. The molecule has 0 saturated carbocycles. The van der Waals surface area contributed by atoms with Crippen LogP contribution in [-0.4, -0.2) is 52.1 Å². The topological polar surface area (TPSA) is 101 Å². The second kappa shape index (κ2) is 10.7. The van der Waals surface area contributed by atoms with Crippen LogP contribution in [0.15, 0.2) is 45.7 Å². The molecule has 1 fully saturated rings. The molecule has 1 atom stereocenters. The highest BCUT2D eigenvalue weighted by Gasteiger charge is 2.33. The highest BCUT2D eigenvalue weighted by atomic mass is 35.5. The minimum absolute atomic E-state index is 0.0279. The predicted molar refractivity (Wildman–Crippen MR) is 136 cm³/mol. The quantitative estimate of drug-likeness (QED) is 0.475. The number of hydrogen-bond acceptors (Lipinski definition) is 6. The van der Waals surface area contributed by atoms with Gasteiger partial charge >= 0.3 is 6.09 Å². The number of pyridine rings is 1. The molecule has 0 radical (unpaired) electrons. The van der Waals surface area contributed by atoms with Crippen molar-refractivity contribution in [3.63, 3.8) is 0 Å². The van der Waals surface area contributed by atoms with Gasteiger partial charge in [-0.3, -0.25) is 4.79 Å². The third-order valence-electron chi connectivity index (χ3n) is 5.27. The first-order chi connectivity index (χ1) is 16.7. The Morgan fingerprint density at radius 1 is 1.19 bits per heavy atom. The summed E-state index contributed by atoms with van der Waals surface area (Å²) in [6.45, 7) is 5.35. The summed E-state index contributed by atoms with van der Waals surface area (Å²) in [7, 11) is -3.16. The number of rotatable bonds is 4. The lowest BCUT2D eigenvalue weighted by Gasteiger charge is -2.24. The molecule has 2 amide bonds. The number of benzene rings is 1. The second-order valence-electron chi connectivity index (χ2n) is 9.56. The van der Waals surface area contributed by atoms with Gasteiger partial charge < -0.3 is 15.0 Å². The largest absolute Gasteiger partial charge is 0.442 e. The van der Waals surface area contributed by atoms with Crippen molar-refractivity contribution in [1.29, 1.82) is 0 Å². The van der Waals surface area contributed by atoms with E-state index in [0.29, 0.717) is 12.2 Å². The number of hydrogen-bond donors (Lipinski definition) is 1. The van der Waals surface area contributed by atoms with Crippen molar-refractivity contribution in [2.75, 3.05) is 29.6 Å². The minimum Gasteiger partial charge on any atom is -0.442 e.